The average Bonchev–Trinajstić information content (AvgIpc) is 3.81. The summed E-state index contributed by atoms with van der Waals surface area (Å²) in [5.74, 6) is -3.31. The van der Waals surface area contributed by atoms with Gasteiger partial charge in [0.25, 0.3) is 5.91 Å². The van der Waals surface area contributed by atoms with Crippen molar-refractivity contribution in [1.82, 2.24) is 20.4 Å². The molecule has 1 aromatic heterocycles. The minimum absolute atomic E-state index is 0.00873. The first kappa shape index (κ1) is 51.7. The Labute approximate surface area is 403 Å². The predicted molar refractivity (Wildman–Crippen MR) is 245 cm³/mol. The smallest absolute Gasteiger partial charge is 0.476 e. The zero-order chi connectivity index (χ0) is 50.9. The Morgan fingerprint density at radius 3 is 2.10 bits per heavy atom. The zero-order valence-corrected chi connectivity index (χ0v) is 42.9. The van der Waals surface area contributed by atoms with Crippen LogP contribution in [0.15, 0.2) is 17.2 Å². The van der Waals surface area contributed by atoms with E-state index >= 15 is 0 Å². The highest BCUT2D eigenvalue weighted by molar-refractivity contribution is 7.48. The number of rotatable bonds is 13. The van der Waals surface area contributed by atoms with Crippen LogP contribution in [0.5, 0.6) is 0 Å². The maximum Gasteiger partial charge on any atom is 0.476 e. The third kappa shape index (κ3) is 7.88. The number of alkyl halides is 3. The Hall–Kier alpha value is -3.60. The summed E-state index contributed by atoms with van der Waals surface area (Å²) in [5.41, 5.74) is -4.23. The number of hydrogen-bond acceptors (Lipinski definition) is 11. The Morgan fingerprint density at radius 1 is 0.870 bits per heavy atom. The lowest BCUT2D eigenvalue weighted by Crippen LogP contribution is -2.70. The van der Waals surface area contributed by atoms with E-state index in [4.69, 9.17) is 18.3 Å². The monoisotopic (exact) mass is 992 g/mol. The average molecular weight is 993 g/mol. The maximum atomic E-state index is 14.9. The number of carbonyl (C=O) groups is 5. The fraction of sp³-hybridized carbons (Fsp3) is 0.800. The highest BCUT2D eigenvalue weighted by Gasteiger charge is 2.71. The van der Waals surface area contributed by atoms with Gasteiger partial charge in [-0.25, -0.2) is 9.25 Å². The molecule has 8 rings (SSSR count). The number of ketones is 1. The van der Waals surface area contributed by atoms with Crippen LogP contribution in [-0.2, 0) is 55.0 Å². The number of Topliss-reactive ketones (excluding diaryl/α,β-unsaturated/α-hetero) is 1. The molecule has 0 radical (unpaired) electrons. The van der Waals surface area contributed by atoms with E-state index in [1.54, 1.807) is 0 Å². The van der Waals surface area contributed by atoms with Gasteiger partial charge >= 0.3 is 25.9 Å². The fourth-order valence-electron chi connectivity index (χ4n) is 15.6. The first-order valence-electron chi connectivity index (χ1n) is 24.8. The number of ether oxygens (including phenoxy) is 1. The van der Waals surface area contributed by atoms with Crippen molar-refractivity contribution in [3.63, 3.8) is 0 Å². The van der Waals surface area contributed by atoms with Gasteiger partial charge in [0.05, 0.1) is 17.4 Å². The maximum absolute atomic E-state index is 14.9. The number of allylic oxidation sites excluding steroid dienone is 1. The Bertz CT molecular complexity index is 2390. The van der Waals surface area contributed by atoms with Gasteiger partial charge in [-0.2, -0.15) is 18.3 Å². The number of phosphoric acid groups is 1. The second-order valence-electron chi connectivity index (χ2n) is 23.9. The molecule has 10 atom stereocenters. The molecule has 69 heavy (non-hydrogen) atoms. The quantitative estimate of drug-likeness (QED) is 0.125. The minimum atomic E-state index is -4.94. The summed E-state index contributed by atoms with van der Waals surface area (Å²) < 4.78 is 76.0. The van der Waals surface area contributed by atoms with E-state index in [-0.39, 0.29) is 83.0 Å². The van der Waals surface area contributed by atoms with Gasteiger partial charge in [-0.15, -0.1) is 0 Å². The second kappa shape index (κ2) is 17.0. The predicted octanol–water partition coefficient (Wildman–Crippen LogP) is 9.44. The second-order valence-corrected chi connectivity index (χ2v) is 25.8. The largest absolute Gasteiger partial charge is 0.481 e. The first-order valence-corrected chi connectivity index (χ1v) is 26.2. The van der Waals surface area contributed by atoms with E-state index in [0.29, 0.717) is 35.9 Å². The lowest BCUT2D eigenvalue weighted by Gasteiger charge is -2.72. The van der Waals surface area contributed by atoms with Crippen molar-refractivity contribution in [1.29, 1.82) is 0 Å². The van der Waals surface area contributed by atoms with Crippen molar-refractivity contribution in [2.75, 3.05) is 14.2 Å². The summed E-state index contributed by atoms with van der Waals surface area (Å²) in [6.07, 6.45) is 2.52. The van der Waals surface area contributed by atoms with Crippen LogP contribution in [-0.4, -0.2) is 75.8 Å². The highest BCUT2D eigenvalue weighted by atomic mass is 31.2. The molecule has 6 saturated carbocycles. The number of esters is 1. The van der Waals surface area contributed by atoms with Crippen LogP contribution in [0, 0.1) is 62.6 Å². The summed E-state index contributed by atoms with van der Waals surface area (Å²) in [4.78, 5) is 68.8. The molecule has 0 aromatic carbocycles. The van der Waals surface area contributed by atoms with Gasteiger partial charge in [-0.05, 0) is 134 Å². The summed E-state index contributed by atoms with van der Waals surface area (Å²) in [5, 5.41) is 19.3. The molecule has 1 aromatic rings. The van der Waals surface area contributed by atoms with Crippen molar-refractivity contribution in [3.8, 4) is 0 Å². The van der Waals surface area contributed by atoms with E-state index in [1.165, 1.54) is 0 Å². The summed E-state index contributed by atoms with van der Waals surface area (Å²) >= 11 is 0. The van der Waals surface area contributed by atoms with Crippen LogP contribution in [0.3, 0.4) is 0 Å². The van der Waals surface area contributed by atoms with Crippen molar-refractivity contribution in [2.45, 2.75) is 176 Å². The van der Waals surface area contributed by atoms with Gasteiger partial charge in [0.1, 0.15) is 17.3 Å². The molecule has 0 aliphatic heterocycles. The lowest BCUT2D eigenvalue weighted by molar-refractivity contribution is -0.235. The zero-order valence-electron chi connectivity index (χ0n) is 42.0. The summed E-state index contributed by atoms with van der Waals surface area (Å²) in [7, 11) is -2.13. The number of nitrogens with zero attached hydrogens (tertiary/aromatic N) is 2. The molecule has 15 nitrogen and oxygen atoms in total. The SMILES string of the molecule is COP(=O)(OC)OCn1nc(C(F)(F)F)cc1C(=O)NC1(C(=O)N[C@@]23CC[C@]4(C)[C@H](CC[C@@H]5[C@@]6(C)CC[C@H](OC(=O)[C@H]7C[C@@H](C(=O)O)C7(C)C)C(C)(C)[C@@H]6CC[C@]54C)C2=C(C(C)C)C(=O)C3)CCC1. The van der Waals surface area contributed by atoms with Crippen LogP contribution in [0.25, 0.3) is 0 Å². The van der Waals surface area contributed by atoms with Crippen LogP contribution in [0.2, 0.25) is 0 Å². The molecular formula is C50H72F3N4O11P. The molecule has 3 N–H and O–H groups in total. The third-order valence-corrected chi connectivity index (χ3v) is 21.2. The van der Waals surface area contributed by atoms with Crippen molar-refractivity contribution in [3.05, 3.63) is 28.6 Å². The number of aromatic nitrogens is 2. The van der Waals surface area contributed by atoms with Crippen LogP contribution in [0.4, 0.5) is 13.2 Å². The molecule has 7 aliphatic carbocycles. The Kier molecular flexibility index (Phi) is 12.7. The number of amides is 2. The van der Waals surface area contributed by atoms with E-state index in [1.807, 2.05) is 27.7 Å². The van der Waals surface area contributed by atoms with Gasteiger partial charge in [0.2, 0.25) is 5.91 Å². The highest BCUT2D eigenvalue weighted by Crippen LogP contribution is 2.76. The van der Waals surface area contributed by atoms with Crippen LogP contribution in [0.1, 0.15) is 162 Å². The number of aliphatic carboxylic acids is 1. The number of nitrogens with one attached hydrogen (secondary N) is 2. The Balaban J connectivity index is 1.04. The van der Waals surface area contributed by atoms with Gasteiger partial charge in [-0.3, -0.25) is 37.5 Å². The molecule has 0 unspecified atom stereocenters. The number of carboxylic acids is 1. The lowest BCUT2D eigenvalue weighted by atomic mass is 9.33. The van der Waals surface area contributed by atoms with Crippen molar-refractivity contribution >= 4 is 37.4 Å². The number of carbonyl (C=O) groups excluding carboxylic acids is 4. The number of halogens is 3. The first-order chi connectivity index (χ1) is 31.9. The van der Waals surface area contributed by atoms with Gasteiger partial charge in [-0.1, -0.05) is 62.3 Å². The molecule has 1 heterocycles. The number of hydrogen-bond donors (Lipinski definition) is 3. The minimum Gasteiger partial charge on any atom is -0.481 e. The van der Waals surface area contributed by atoms with E-state index in [9.17, 15) is 46.8 Å². The van der Waals surface area contributed by atoms with E-state index < -0.39 is 78.2 Å². The molecule has 0 saturated heterocycles. The topological polar surface area (TPSA) is 201 Å². The third-order valence-electron chi connectivity index (χ3n) is 19.9. The summed E-state index contributed by atoms with van der Waals surface area (Å²) in [6, 6.07) is 0.543. The van der Waals surface area contributed by atoms with E-state index in [0.717, 1.165) is 63.9 Å². The van der Waals surface area contributed by atoms with Gasteiger partial charge < -0.3 is 20.5 Å². The molecule has 7 aliphatic rings. The molecule has 19 heteroatoms. The van der Waals surface area contributed by atoms with Gasteiger partial charge in [0.15, 0.2) is 18.2 Å². The number of carboxylic acid groups (broad SMARTS) is 1. The molecule has 0 spiro atoms. The van der Waals surface area contributed by atoms with Crippen LogP contribution < -0.4 is 10.6 Å². The Morgan fingerprint density at radius 2 is 1.54 bits per heavy atom. The summed E-state index contributed by atoms with van der Waals surface area (Å²) in [6.45, 7) is 18.6. The molecule has 384 valence electrons. The molecule has 0 bridgehead atoms. The van der Waals surface area contributed by atoms with Crippen molar-refractivity contribution < 1.29 is 65.1 Å². The number of fused-ring (bicyclic) bond motifs is 7. The fourth-order valence-corrected chi connectivity index (χ4v) is 16.2. The van der Waals surface area contributed by atoms with Gasteiger partial charge in [0, 0.05) is 32.1 Å². The molecule has 6 fully saturated rings. The van der Waals surface area contributed by atoms with Crippen LogP contribution >= 0.6 is 7.82 Å². The van der Waals surface area contributed by atoms with Crippen molar-refractivity contribution in [2.24, 2.45) is 62.6 Å². The molecule has 2 amide bonds. The number of phosphoric ester groups is 1. The van der Waals surface area contributed by atoms with E-state index in [2.05, 4.69) is 50.4 Å². The standard InChI is InChI=1S/C50H72F3N4O11P/c1-27(2)37-32(58)25-49(55-42(63)48(17-12-18-48)54-39(59)31-24-35(50(51,52)53)56-57(31)26-67-69(64,65-10)66-11)22-21-46(8)28(38(37)49)13-14-34-45(7)19-16-36(44(5,6)33(45)15-20-47(34,46)9)68-41(62)30-23-29(40(60)61)43(30,3)4/h24,27-30,33-34,36H,12-23,25-26H2,1-11H3,(H,54,59)(H,55,63)(H,60,61)/t28-,29+,30-,33+,34-,36+,45+,46-,47-,49-/m1/s1. The normalized spacial score (nSPS) is 36.5. The molecular weight excluding hydrogens is 921 g/mol.